The minimum absolute atomic E-state index is 0.0208. The molecule has 0 radical (unpaired) electrons. The molecule has 3 rings (SSSR count). The number of ketones is 1. The number of aromatic nitrogens is 4. The van der Waals surface area contributed by atoms with Crippen LogP contribution >= 0.6 is 0 Å². The summed E-state index contributed by atoms with van der Waals surface area (Å²) in [6.45, 7) is 7.14. The summed E-state index contributed by atoms with van der Waals surface area (Å²) in [7, 11) is -1.83. The number of H-pyrrole nitrogens is 1. The summed E-state index contributed by atoms with van der Waals surface area (Å²) in [5.74, 6) is -0.518. The van der Waals surface area contributed by atoms with Crippen molar-refractivity contribution in [2.75, 3.05) is 5.75 Å². The van der Waals surface area contributed by atoms with Crippen molar-refractivity contribution in [3.8, 4) is 11.3 Å². The molecule has 1 aromatic carbocycles. The average molecular weight is 417 g/mol. The quantitative estimate of drug-likeness (QED) is 0.620. The molecule has 0 atom stereocenters. The lowest BCUT2D eigenvalue weighted by molar-refractivity contribution is 0.103. The second-order valence-corrected chi connectivity index (χ2v) is 9.13. The molecule has 0 aliphatic carbocycles. The lowest BCUT2D eigenvalue weighted by Gasteiger charge is -2.17. The summed E-state index contributed by atoms with van der Waals surface area (Å²) in [4.78, 5) is 25.8. The number of nitrogens with one attached hydrogen (secondary N) is 1. The Kier molecular flexibility index (Phi) is 5.36. The molecule has 0 saturated carbocycles. The van der Waals surface area contributed by atoms with Gasteiger partial charge in [-0.05, 0) is 44.0 Å². The van der Waals surface area contributed by atoms with E-state index in [9.17, 15) is 18.0 Å². The zero-order valence-electron chi connectivity index (χ0n) is 17.1. The van der Waals surface area contributed by atoms with Crippen molar-refractivity contribution >= 4 is 15.6 Å². The highest BCUT2D eigenvalue weighted by Crippen LogP contribution is 2.35. The second kappa shape index (κ2) is 7.47. The Morgan fingerprint density at radius 1 is 1.21 bits per heavy atom. The van der Waals surface area contributed by atoms with Gasteiger partial charge in [-0.1, -0.05) is 6.92 Å². The Labute approximate surface area is 169 Å². The first-order valence-corrected chi connectivity index (χ1v) is 11.0. The molecule has 0 unspecified atom stereocenters. The number of hydrogen-bond acceptors (Lipinski definition) is 5. The van der Waals surface area contributed by atoms with Gasteiger partial charge < -0.3 is 5.10 Å². The molecule has 0 aliphatic rings. The van der Waals surface area contributed by atoms with Gasteiger partial charge in [0.25, 0.3) is 5.56 Å². The maximum Gasteiger partial charge on any atom is 0.277 e. The number of carbonyl (C=O) groups excluding carboxylic acids is 1. The predicted molar refractivity (Wildman–Crippen MR) is 110 cm³/mol. The molecule has 1 N–H and O–H groups in total. The molecular weight excluding hydrogens is 392 g/mol. The summed E-state index contributed by atoms with van der Waals surface area (Å²) in [5.41, 5.74) is 1.71. The van der Waals surface area contributed by atoms with E-state index in [2.05, 4.69) is 10.2 Å². The van der Waals surface area contributed by atoms with Crippen molar-refractivity contribution in [1.29, 1.82) is 0 Å². The van der Waals surface area contributed by atoms with Crippen LogP contribution in [0.15, 0.2) is 34.2 Å². The van der Waals surface area contributed by atoms with Crippen LogP contribution in [0.2, 0.25) is 0 Å². The van der Waals surface area contributed by atoms with Gasteiger partial charge in [0.1, 0.15) is 5.56 Å². The highest BCUT2D eigenvalue weighted by molar-refractivity contribution is 7.91. The molecule has 0 fully saturated rings. The molecule has 154 valence electrons. The summed E-state index contributed by atoms with van der Waals surface area (Å²) in [6, 6.07) is 3.26. The number of carbonyl (C=O) groups is 1. The van der Waals surface area contributed by atoms with E-state index < -0.39 is 21.2 Å². The maximum absolute atomic E-state index is 13.2. The number of aryl methyl sites for hydroxylation is 3. The van der Waals surface area contributed by atoms with E-state index in [1.165, 1.54) is 10.9 Å². The maximum atomic E-state index is 13.2. The van der Waals surface area contributed by atoms with Gasteiger partial charge in [-0.2, -0.15) is 5.10 Å². The monoisotopic (exact) mass is 416 g/mol. The molecule has 2 heterocycles. The zero-order valence-corrected chi connectivity index (χ0v) is 17.9. The number of rotatable bonds is 6. The minimum atomic E-state index is -3.57. The van der Waals surface area contributed by atoms with Gasteiger partial charge in [-0.15, -0.1) is 0 Å². The number of hydrogen-bond donors (Lipinski definition) is 1. The number of sulfone groups is 1. The molecule has 2 aromatic heterocycles. The summed E-state index contributed by atoms with van der Waals surface area (Å²) >= 11 is 0. The van der Waals surface area contributed by atoms with E-state index in [4.69, 9.17) is 0 Å². The molecule has 0 spiro atoms. The van der Waals surface area contributed by atoms with Crippen LogP contribution < -0.4 is 5.56 Å². The zero-order chi connectivity index (χ0) is 21.5. The van der Waals surface area contributed by atoms with Crippen molar-refractivity contribution in [2.24, 2.45) is 7.05 Å². The SMILES string of the molecule is CCn1[nH]cc(C(=O)c2cc(C)c(S(=O)(=O)CC)c(-c3ccn(C)n3)c2C)c1=O. The largest absolute Gasteiger partial charge is 0.302 e. The first-order chi connectivity index (χ1) is 13.6. The Hall–Kier alpha value is -2.94. The van der Waals surface area contributed by atoms with Gasteiger partial charge in [0.2, 0.25) is 0 Å². The van der Waals surface area contributed by atoms with Crippen LogP contribution in [0.5, 0.6) is 0 Å². The van der Waals surface area contributed by atoms with E-state index in [-0.39, 0.29) is 21.8 Å². The lowest BCUT2D eigenvalue weighted by atomic mass is 9.93. The van der Waals surface area contributed by atoms with Crippen LogP contribution in [0.1, 0.15) is 40.9 Å². The van der Waals surface area contributed by atoms with Crippen LogP contribution in [-0.2, 0) is 23.4 Å². The highest BCUT2D eigenvalue weighted by atomic mass is 32.2. The van der Waals surface area contributed by atoms with E-state index in [1.54, 1.807) is 57.8 Å². The van der Waals surface area contributed by atoms with E-state index in [1.807, 2.05) is 0 Å². The van der Waals surface area contributed by atoms with Crippen LogP contribution in [-0.4, -0.2) is 39.5 Å². The molecule has 29 heavy (non-hydrogen) atoms. The van der Waals surface area contributed by atoms with E-state index >= 15 is 0 Å². The molecule has 8 nitrogen and oxygen atoms in total. The van der Waals surface area contributed by atoms with Crippen LogP contribution in [0.4, 0.5) is 0 Å². The van der Waals surface area contributed by atoms with Gasteiger partial charge in [-0.25, -0.2) is 8.42 Å². The van der Waals surface area contributed by atoms with Gasteiger partial charge >= 0.3 is 0 Å². The van der Waals surface area contributed by atoms with Crippen LogP contribution in [0, 0.1) is 13.8 Å². The number of benzene rings is 1. The fourth-order valence-corrected chi connectivity index (χ4v) is 4.89. The number of nitrogens with zero attached hydrogens (tertiary/aromatic N) is 3. The smallest absolute Gasteiger partial charge is 0.277 e. The van der Waals surface area contributed by atoms with Gasteiger partial charge in [-0.3, -0.25) is 19.0 Å². The Morgan fingerprint density at radius 3 is 2.41 bits per heavy atom. The Bertz CT molecular complexity index is 1260. The second-order valence-electron chi connectivity index (χ2n) is 6.91. The van der Waals surface area contributed by atoms with Gasteiger partial charge in [0, 0.05) is 37.1 Å². The first-order valence-electron chi connectivity index (χ1n) is 9.32. The topological polar surface area (TPSA) is 107 Å². The van der Waals surface area contributed by atoms with Crippen LogP contribution in [0.25, 0.3) is 11.3 Å². The molecule has 3 aromatic rings. The van der Waals surface area contributed by atoms with Crippen molar-refractivity contribution in [2.45, 2.75) is 39.1 Å². The van der Waals surface area contributed by atoms with Crippen molar-refractivity contribution in [3.05, 3.63) is 57.1 Å². The molecule has 0 aliphatic heterocycles. The molecule has 0 saturated heterocycles. The molecule has 0 amide bonds. The number of aromatic amines is 1. The molecule has 0 bridgehead atoms. The third-order valence-electron chi connectivity index (χ3n) is 5.03. The van der Waals surface area contributed by atoms with E-state index in [0.29, 0.717) is 28.9 Å². The first kappa shape index (κ1) is 20.8. The normalized spacial score (nSPS) is 11.8. The summed E-state index contributed by atoms with van der Waals surface area (Å²) in [5, 5.41) is 7.14. The predicted octanol–water partition coefficient (Wildman–Crippen LogP) is 2.24. The highest BCUT2D eigenvalue weighted by Gasteiger charge is 2.28. The standard InChI is InChI=1S/C20H24N4O4S/c1-6-24-20(26)15(11-21-24)18(25)14-10-12(3)19(29(27,28)7-2)17(13(14)4)16-8-9-23(5)22-16/h8-11,21H,6-7H2,1-5H3. The Morgan fingerprint density at radius 2 is 1.90 bits per heavy atom. The minimum Gasteiger partial charge on any atom is -0.302 e. The van der Waals surface area contributed by atoms with Crippen molar-refractivity contribution < 1.29 is 13.2 Å². The fraction of sp³-hybridized carbons (Fsp3) is 0.350. The van der Waals surface area contributed by atoms with Crippen molar-refractivity contribution in [3.63, 3.8) is 0 Å². The van der Waals surface area contributed by atoms with E-state index in [0.717, 1.165) is 0 Å². The fourth-order valence-electron chi connectivity index (χ4n) is 3.48. The lowest BCUT2D eigenvalue weighted by Crippen LogP contribution is -2.22. The van der Waals surface area contributed by atoms with Gasteiger partial charge in [0.15, 0.2) is 15.6 Å². The average Bonchev–Trinajstić information content (AvgIpc) is 3.27. The third-order valence-corrected chi connectivity index (χ3v) is 6.94. The molecule has 9 heteroatoms. The molecular formula is C20H24N4O4S. The Balaban J connectivity index is 2.34. The van der Waals surface area contributed by atoms with Crippen LogP contribution in [0.3, 0.4) is 0 Å². The van der Waals surface area contributed by atoms with Crippen molar-refractivity contribution in [1.82, 2.24) is 19.6 Å². The summed E-state index contributed by atoms with van der Waals surface area (Å²) < 4.78 is 28.6. The summed E-state index contributed by atoms with van der Waals surface area (Å²) in [6.07, 6.45) is 3.10. The third kappa shape index (κ3) is 3.46. The van der Waals surface area contributed by atoms with Gasteiger partial charge in [0.05, 0.1) is 16.3 Å².